The molecule has 1 amide bonds. The van der Waals surface area contributed by atoms with Gasteiger partial charge in [-0.3, -0.25) is 10.2 Å². The lowest BCUT2D eigenvalue weighted by Crippen LogP contribution is -2.14. The van der Waals surface area contributed by atoms with Crippen molar-refractivity contribution in [2.75, 3.05) is 10.7 Å². The molecule has 0 heterocycles. The number of hydrogen-bond donors (Lipinski definition) is 2. The SMILES string of the molecule is Cc1ccc(NC(=O)c2ccccc2C)c(NN=C(C#N)C#N)c1. The molecule has 0 saturated heterocycles. The molecule has 2 rings (SSSR count). The number of hydrogen-bond acceptors (Lipinski definition) is 5. The van der Waals surface area contributed by atoms with Crippen LogP contribution in [-0.2, 0) is 0 Å². The summed E-state index contributed by atoms with van der Waals surface area (Å²) in [6.07, 6.45) is 0. The minimum atomic E-state index is -0.298. The Bertz CT molecular complexity index is 871. The number of benzene rings is 2. The molecule has 0 aliphatic carbocycles. The third-order valence-electron chi connectivity index (χ3n) is 3.31. The number of nitrogens with one attached hydrogen (secondary N) is 2. The summed E-state index contributed by atoms with van der Waals surface area (Å²) >= 11 is 0. The first-order valence-electron chi connectivity index (χ1n) is 7.16. The Balaban J connectivity index is 2.30. The molecule has 6 nitrogen and oxygen atoms in total. The molecule has 2 aromatic carbocycles. The van der Waals surface area contributed by atoms with Gasteiger partial charge in [0.2, 0.25) is 5.71 Å². The molecule has 2 aromatic rings. The van der Waals surface area contributed by atoms with Gasteiger partial charge in [-0.05, 0) is 43.2 Å². The molecule has 0 saturated carbocycles. The smallest absolute Gasteiger partial charge is 0.255 e. The van der Waals surface area contributed by atoms with Crippen molar-refractivity contribution < 1.29 is 4.79 Å². The van der Waals surface area contributed by atoms with Crippen LogP contribution >= 0.6 is 0 Å². The highest BCUT2D eigenvalue weighted by Gasteiger charge is 2.11. The van der Waals surface area contributed by atoms with E-state index in [1.807, 2.05) is 32.0 Å². The Morgan fingerprint density at radius 2 is 1.75 bits per heavy atom. The molecule has 0 fully saturated rings. The number of nitrogens with zero attached hydrogens (tertiary/aromatic N) is 3. The van der Waals surface area contributed by atoms with Gasteiger partial charge in [-0.2, -0.15) is 15.6 Å². The average Bonchev–Trinajstić information content (AvgIpc) is 2.58. The Morgan fingerprint density at radius 3 is 2.42 bits per heavy atom. The molecule has 0 spiro atoms. The van der Waals surface area contributed by atoms with Gasteiger partial charge in [-0.15, -0.1) is 0 Å². The van der Waals surface area contributed by atoms with Crippen LogP contribution in [0.3, 0.4) is 0 Å². The van der Waals surface area contributed by atoms with Crippen molar-refractivity contribution in [3.63, 3.8) is 0 Å². The molecular formula is C18H15N5O. The van der Waals surface area contributed by atoms with E-state index in [1.165, 1.54) is 0 Å². The van der Waals surface area contributed by atoms with Crippen LogP contribution < -0.4 is 10.7 Å². The number of aryl methyl sites for hydroxylation is 2. The summed E-state index contributed by atoms with van der Waals surface area (Å²) in [5.74, 6) is -0.246. The third kappa shape index (κ3) is 3.96. The van der Waals surface area contributed by atoms with Crippen LogP contribution in [0.15, 0.2) is 47.6 Å². The summed E-state index contributed by atoms with van der Waals surface area (Å²) in [4.78, 5) is 12.4. The van der Waals surface area contributed by atoms with Gasteiger partial charge in [0.15, 0.2) is 0 Å². The lowest BCUT2D eigenvalue weighted by Gasteiger charge is -2.12. The van der Waals surface area contributed by atoms with E-state index in [-0.39, 0.29) is 11.6 Å². The van der Waals surface area contributed by atoms with Crippen LogP contribution in [-0.4, -0.2) is 11.6 Å². The van der Waals surface area contributed by atoms with E-state index >= 15 is 0 Å². The summed E-state index contributed by atoms with van der Waals surface area (Å²) in [6, 6.07) is 16.0. The standard InChI is InChI=1S/C18H15N5O/c1-12-7-8-16(17(9-12)23-22-14(10-19)11-20)21-18(24)15-6-4-3-5-13(15)2/h3-9,23H,1-2H3,(H,21,24). The summed E-state index contributed by atoms with van der Waals surface area (Å²) in [7, 11) is 0. The zero-order valence-electron chi connectivity index (χ0n) is 13.3. The minimum Gasteiger partial charge on any atom is -0.320 e. The van der Waals surface area contributed by atoms with E-state index in [4.69, 9.17) is 10.5 Å². The second-order valence-corrected chi connectivity index (χ2v) is 5.11. The van der Waals surface area contributed by atoms with E-state index in [1.54, 1.807) is 36.4 Å². The largest absolute Gasteiger partial charge is 0.320 e. The zero-order valence-corrected chi connectivity index (χ0v) is 13.3. The van der Waals surface area contributed by atoms with Gasteiger partial charge in [0.25, 0.3) is 5.91 Å². The number of rotatable bonds is 4. The highest BCUT2D eigenvalue weighted by Crippen LogP contribution is 2.24. The van der Waals surface area contributed by atoms with E-state index in [9.17, 15) is 4.79 Å². The summed E-state index contributed by atoms with van der Waals surface area (Å²) < 4.78 is 0. The van der Waals surface area contributed by atoms with Crippen molar-refractivity contribution in [3.05, 3.63) is 59.2 Å². The molecule has 0 aliphatic heterocycles. The fourth-order valence-corrected chi connectivity index (χ4v) is 2.07. The first kappa shape index (κ1) is 16.7. The maximum absolute atomic E-state index is 12.4. The van der Waals surface area contributed by atoms with Crippen LogP contribution in [0.1, 0.15) is 21.5 Å². The Labute approximate surface area is 140 Å². The number of amides is 1. The van der Waals surface area contributed by atoms with Gasteiger partial charge < -0.3 is 5.32 Å². The number of nitriles is 2. The number of carbonyl (C=O) groups is 1. The van der Waals surface area contributed by atoms with Crippen LogP contribution in [0.5, 0.6) is 0 Å². The van der Waals surface area contributed by atoms with Gasteiger partial charge in [0, 0.05) is 5.56 Å². The lowest BCUT2D eigenvalue weighted by molar-refractivity contribution is 0.102. The normalized spacial score (nSPS) is 9.33. The molecule has 0 radical (unpaired) electrons. The summed E-state index contributed by atoms with van der Waals surface area (Å²) in [6.45, 7) is 3.75. The van der Waals surface area contributed by atoms with Crippen molar-refractivity contribution in [2.45, 2.75) is 13.8 Å². The van der Waals surface area contributed by atoms with Crippen LogP contribution in [0, 0.1) is 36.5 Å². The molecule has 0 aliphatic rings. The Kier molecular flexibility index (Phi) is 5.28. The van der Waals surface area contributed by atoms with E-state index in [2.05, 4.69) is 15.8 Å². The van der Waals surface area contributed by atoms with Crippen LogP contribution in [0.4, 0.5) is 11.4 Å². The second kappa shape index (κ2) is 7.57. The van der Waals surface area contributed by atoms with Crippen LogP contribution in [0.25, 0.3) is 0 Å². The maximum Gasteiger partial charge on any atom is 0.255 e. The van der Waals surface area contributed by atoms with Crippen molar-refractivity contribution in [1.82, 2.24) is 0 Å². The van der Waals surface area contributed by atoms with E-state index in [0.717, 1.165) is 11.1 Å². The highest BCUT2D eigenvalue weighted by molar-refractivity contribution is 6.10. The molecule has 24 heavy (non-hydrogen) atoms. The molecule has 118 valence electrons. The first-order valence-corrected chi connectivity index (χ1v) is 7.16. The maximum atomic E-state index is 12.4. The molecule has 0 atom stereocenters. The van der Waals surface area contributed by atoms with Gasteiger partial charge in [-0.25, -0.2) is 0 Å². The Morgan fingerprint density at radius 1 is 1.04 bits per heavy atom. The lowest BCUT2D eigenvalue weighted by atomic mass is 10.1. The fraction of sp³-hybridized carbons (Fsp3) is 0.111. The third-order valence-corrected chi connectivity index (χ3v) is 3.31. The van der Waals surface area contributed by atoms with Crippen molar-refractivity contribution in [1.29, 1.82) is 10.5 Å². The Hall–Kier alpha value is -3.64. The molecule has 0 bridgehead atoms. The summed E-state index contributed by atoms with van der Waals surface area (Å²) in [5, 5.41) is 24.0. The predicted molar refractivity (Wildman–Crippen MR) is 92.6 cm³/mol. The molecular weight excluding hydrogens is 302 g/mol. The van der Waals surface area contributed by atoms with Crippen molar-refractivity contribution in [2.24, 2.45) is 5.10 Å². The van der Waals surface area contributed by atoms with Gasteiger partial charge in [0.1, 0.15) is 12.1 Å². The number of hydrazone groups is 1. The molecule has 2 N–H and O–H groups in total. The number of carbonyl (C=O) groups excluding carboxylic acids is 1. The minimum absolute atomic E-state index is 0.246. The quantitative estimate of drug-likeness (QED) is 0.666. The van der Waals surface area contributed by atoms with Crippen molar-refractivity contribution in [3.8, 4) is 12.1 Å². The highest BCUT2D eigenvalue weighted by atomic mass is 16.1. The zero-order chi connectivity index (χ0) is 17.5. The topological polar surface area (TPSA) is 101 Å². The van der Waals surface area contributed by atoms with Gasteiger partial charge in [0.05, 0.1) is 11.4 Å². The fourth-order valence-electron chi connectivity index (χ4n) is 2.07. The average molecular weight is 317 g/mol. The van der Waals surface area contributed by atoms with E-state index in [0.29, 0.717) is 16.9 Å². The first-order chi connectivity index (χ1) is 11.5. The summed E-state index contributed by atoms with van der Waals surface area (Å²) in [5.41, 5.74) is 5.74. The number of anilines is 2. The monoisotopic (exact) mass is 317 g/mol. The molecule has 6 heteroatoms. The van der Waals surface area contributed by atoms with Gasteiger partial charge in [-0.1, -0.05) is 24.3 Å². The van der Waals surface area contributed by atoms with E-state index < -0.39 is 0 Å². The van der Waals surface area contributed by atoms with Crippen LogP contribution in [0.2, 0.25) is 0 Å². The molecule has 0 aromatic heterocycles. The van der Waals surface area contributed by atoms with Crippen molar-refractivity contribution >= 4 is 23.0 Å². The van der Waals surface area contributed by atoms with Gasteiger partial charge >= 0.3 is 0 Å². The molecule has 0 unspecified atom stereocenters. The predicted octanol–water partition coefficient (Wildman–Crippen LogP) is 3.37. The second-order valence-electron chi connectivity index (χ2n) is 5.11.